The monoisotopic (exact) mass is 2050 g/mol. The Morgan fingerprint density at radius 3 is 1.07 bits per heavy atom. The summed E-state index contributed by atoms with van der Waals surface area (Å²) >= 11 is 0. The molecule has 0 bridgehead atoms. The number of benzene rings is 1. The number of piperidine rings is 3. The molecule has 38 heteroatoms. The average Bonchev–Trinajstić information content (AvgIpc) is 0.786. The second-order valence-electron chi connectivity index (χ2n) is 40.2. The van der Waals surface area contributed by atoms with Crippen LogP contribution in [0.4, 0.5) is 48.9 Å². The normalized spacial score (nSPS) is 16.4. The van der Waals surface area contributed by atoms with E-state index in [2.05, 4.69) is 239 Å². The van der Waals surface area contributed by atoms with Gasteiger partial charge in [-0.2, -0.15) is 13.2 Å². The fourth-order valence-corrected chi connectivity index (χ4v) is 17.7. The maximum absolute atomic E-state index is 13.1. The van der Waals surface area contributed by atoms with Gasteiger partial charge in [-0.15, -0.1) is 0 Å². The Morgan fingerprint density at radius 1 is 0.366 bits per heavy atom. The van der Waals surface area contributed by atoms with Gasteiger partial charge in [0.05, 0.1) is 41.8 Å². The first kappa shape index (κ1) is 119. The van der Waals surface area contributed by atoms with Crippen LogP contribution in [0, 0.1) is 5.92 Å². The average molecular weight is 2050 g/mol. The molecule has 6 saturated heterocycles. The fourth-order valence-electron chi connectivity index (χ4n) is 15.3. The Morgan fingerprint density at radius 2 is 0.703 bits per heavy atom. The van der Waals surface area contributed by atoms with E-state index in [1.807, 2.05) is 122 Å². The van der Waals surface area contributed by atoms with E-state index in [-0.39, 0.29) is 79.0 Å². The molecule has 33 nitrogen and oxygen atoms in total. The van der Waals surface area contributed by atoms with Crippen LogP contribution in [0.25, 0.3) is 0 Å². The van der Waals surface area contributed by atoms with Crippen LogP contribution in [0.3, 0.4) is 0 Å². The topological polar surface area (TPSA) is 410 Å². The fraction of sp³-hybridized carbons (Fsp3) is 0.607. The van der Waals surface area contributed by atoms with E-state index in [0.717, 1.165) is 174 Å². The maximum Gasteiger partial charge on any atom is 0.433 e. The minimum Gasteiger partial charge on any atom is -0.396 e. The Kier molecular flexibility index (Phi) is 50.4. The zero-order valence-corrected chi connectivity index (χ0v) is 90.6. The quantitative estimate of drug-likeness (QED) is 0.0413. The van der Waals surface area contributed by atoms with Crippen molar-refractivity contribution in [1.82, 2.24) is 89.7 Å². The van der Waals surface area contributed by atoms with Crippen LogP contribution in [0.1, 0.15) is 321 Å². The summed E-state index contributed by atoms with van der Waals surface area (Å²) in [6.45, 7) is 46.8. The van der Waals surface area contributed by atoms with Crippen molar-refractivity contribution in [3.63, 3.8) is 0 Å². The number of hydrogen-bond acceptors (Lipinski definition) is 33. The molecule has 16 rings (SSSR count). The molecule has 9 aromatic heterocycles. The Balaban J connectivity index is 0.000000200. The molecule has 1 unspecified atom stereocenters. The molecular formula is C107H161F3N24O9S2. The van der Waals surface area contributed by atoms with Crippen LogP contribution < -0.4 is 29.4 Å². The van der Waals surface area contributed by atoms with Gasteiger partial charge in [-0.3, -0.25) is 0 Å². The minimum atomic E-state index is -4.56. The van der Waals surface area contributed by atoms with E-state index >= 15 is 0 Å². The van der Waals surface area contributed by atoms with E-state index in [1.54, 1.807) is 13.8 Å². The third kappa shape index (κ3) is 42.5. The summed E-state index contributed by atoms with van der Waals surface area (Å²) in [4.78, 5) is 88.8. The van der Waals surface area contributed by atoms with E-state index in [0.29, 0.717) is 91.3 Å². The van der Waals surface area contributed by atoms with Gasteiger partial charge in [0.2, 0.25) is 35.7 Å². The standard InChI is InChI=1S/C15H18N2.C13H20N2O.C12H16F3N3O2S.2C12H19N3O.C12H19N3.C11H17N3O2S.C10H17N3O.C10H16N2O/c1-12(2)14-10-16-15(17-11-14)9-8-13-6-4-3-5-7-13;1-10(2)12-8-14-13(15-9-12)7-11-3-5-16-6-4-11;1-8(2)9-7-16-11(17-10(9)12(13,14)15)18-3-5-21(19,20)6-4-18;1-9(2)10-7-13-12(14-8-10)15-5-3-11(16)4-6-15;1-9(2)10-6-13-12(14-7-10)15-5-3-4-11(16)8-15;1-10(2)11-8-13-12(14-9-11)15-6-4-3-5-7-15;1-9(2)10-7-12-11(13-8-10)14-3-5-17(15,16)6-4-14;1-8(2)9-6-11-10(12-7-9)13(3)4-5-14;1-8(2)9-6-11-10(12-7-9)4-3-5-13/h3-7,10-12H,8-9H2,1-2H3;8-11H,3-7H2,1-2H3;7-8H,3-6H2,1-2H3;7-9,11,16H,3-6H2,1-2H3;6-7,9,11,16H,3-5,8H2,1-2H3;8-10H,3-7H2,1-2H3;7-9H,3-6H2,1-2H3;6-8,14H,4-5H2,1-3H3;6-8,13H,3-5H2,1-2H3. The number of β-amino-alcohol motifs (C(OH)–C–C–N with tert-alkyl or cyclic N) is 1. The van der Waals surface area contributed by atoms with Gasteiger partial charge in [-0.1, -0.05) is 155 Å². The van der Waals surface area contributed by atoms with Crippen molar-refractivity contribution in [3.8, 4) is 0 Å². The van der Waals surface area contributed by atoms with E-state index in [4.69, 9.17) is 14.9 Å². The van der Waals surface area contributed by atoms with Crippen LogP contribution in [0.5, 0.6) is 0 Å². The second kappa shape index (κ2) is 61.1. The number of alkyl halides is 3. The molecule has 0 saturated carbocycles. The summed E-state index contributed by atoms with van der Waals surface area (Å²) in [6.07, 6.45) is 40.7. The van der Waals surface area contributed by atoms with Crippen molar-refractivity contribution in [2.75, 3.05) is 158 Å². The first-order chi connectivity index (χ1) is 69.1. The summed E-state index contributed by atoms with van der Waals surface area (Å²) in [5.41, 5.74) is 9.77. The number of rotatable bonds is 25. The first-order valence-corrected chi connectivity index (χ1v) is 55.2. The number of aromatic nitrogens is 18. The van der Waals surface area contributed by atoms with Gasteiger partial charge >= 0.3 is 6.18 Å². The summed E-state index contributed by atoms with van der Waals surface area (Å²) in [7, 11) is -4.08. The molecule has 0 spiro atoms. The third-order valence-electron chi connectivity index (χ3n) is 25.4. The number of aliphatic hydroxyl groups is 4. The molecule has 1 atom stereocenters. The van der Waals surface area contributed by atoms with E-state index < -0.39 is 31.5 Å². The van der Waals surface area contributed by atoms with Gasteiger partial charge in [-0.05, 0) is 180 Å². The molecule has 6 aliphatic heterocycles. The minimum absolute atomic E-state index is 0.0379. The largest absolute Gasteiger partial charge is 0.433 e. The zero-order chi connectivity index (χ0) is 106. The van der Waals surface area contributed by atoms with Crippen molar-refractivity contribution in [3.05, 3.63) is 214 Å². The SMILES string of the molecule is CC(C)c1cnc(CC2CCOCC2)nc1.CC(C)c1cnc(CCCO)nc1.CC(C)c1cnc(CCc2ccccc2)nc1.CC(C)c1cnc(N(C)CCO)nc1.CC(C)c1cnc(N2CCC(O)CC2)nc1.CC(C)c1cnc(N2CCCC(O)C2)nc1.CC(C)c1cnc(N2CCCCC2)nc1.CC(C)c1cnc(N2CCS(=O)(=O)CC2)nc1.CC(C)c1cnc(N2CCS(=O)(=O)CC2)nc1C(F)(F)F. The second-order valence-corrected chi connectivity index (χ2v) is 44.9. The molecule has 145 heavy (non-hydrogen) atoms. The zero-order valence-electron chi connectivity index (χ0n) is 89.0. The van der Waals surface area contributed by atoms with Crippen molar-refractivity contribution < 1.29 is 55.2 Å². The Hall–Kier alpha value is -10.8. The Labute approximate surface area is 859 Å². The van der Waals surface area contributed by atoms with Gasteiger partial charge in [0.1, 0.15) is 17.5 Å². The van der Waals surface area contributed by atoms with Gasteiger partial charge < -0.3 is 54.6 Å². The third-order valence-corrected chi connectivity index (χ3v) is 28.7. The number of aliphatic hydroxyl groups excluding tert-OH is 4. The molecule has 1 aromatic carbocycles. The molecular weight excluding hydrogens is 1890 g/mol. The first-order valence-electron chi connectivity index (χ1n) is 51.6. The van der Waals surface area contributed by atoms with Crippen LogP contribution in [0.2, 0.25) is 0 Å². The predicted octanol–water partition coefficient (Wildman–Crippen LogP) is 16.9. The molecule has 796 valence electrons. The highest BCUT2D eigenvalue weighted by molar-refractivity contribution is 7.91. The summed E-state index contributed by atoms with van der Waals surface area (Å²) < 4.78 is 89.9. The molecule has 10 aromatic rings. The molecule has 0 amide bonds. The highest BCUT2D eigenvalue weighted by atomic mass is 32.2. The summed E-state index contributed by atoms with van der Waals surface area (Å²) in [6, 6.07) is 10.5. The molecule has 0 radical (unpaired) electrons. The molecule has 6 fully saturated rings. The van der Waals surface area contributed by atoms with Gasteiger partial charge in [-0.25, -0.2) is 107 Å². The van der Waals surface area contributed by atoms with Crippen LogP contribution >= 0.6 is 0 Å². The number of hydrogen-bond donors (Lipinski definition) is 4. The summed E-state index contributed by atoms with van der Waals surface area (Å²) in [5.74, 6) is 10.7. The lowest BCUT2D eigenvalue weighted by Gasteiger charge is -2.30. The van der Waals surface area contributed by atoms with E-state index in [9.17, 15) is 40.2 Å². The maximum atomic E-state index is 13.1. The number of halogens is 3. The molecule has 15 heterocycles. The van der Waals surface area contributed by atoms with Crippen LogP contribution in [-0.4, -0.2) is 268 Å². The lowest BCUT2D eigenvalue weighted by atomic mass is 9.96. The highest BCUT2D eigenvalue weighted by Crippen LogP contribution is 2.35. The Bertz CT molecular complexity index is 5480. The van der Waals surface area contributed by atoms with Crippen molar-refractivity contribution in [2.45, 2.75) is 286 Å². The highest BCUT2D eigenvalue weighted by Gasteiger charge is 2.38. The number of aryl methyl sites for hydroxylation is 3. The summed E-state index contributed by atoms with van der Waals surface area (Å²) in [5, 5.41) is 36.4. The molecule has 0 aliphatic carbocycles. The van der Waals surface area contributed by atoms with Gasteiger partial charge in [0.15, 0.2) is 25.4 Å². The number of anilines is 6. The number of ether oxygens (including phenoxy) is 1. The van der Waals surface area contributed by atoms with Crippen LogP contribution in [0.15, 0.2) is 136 Å². The lowest BCUT2D eigenvalue weighted by Crippen LogP contribution is -2.41. The van der Waals surface area contributed by atoms with Gasteiger partial charge in [0, 0.05) is 229 Å². The lowest BCUT2D eigenvalue weighted by molar-refractivity contribution is -0.142. The predicted molar refractivity (Wildman–Crippen MR) is 570 cm³/mol. The number of likely N-dealkylation sites (N-methyl/N-ethyl adjacent to an activating group) is 1. The van der Waals surface area contributed by atoms with Crippen molar-refractivity contribution in [1.29, 1.82) is 0 Å². The van der Waals surface area contributed by atoms with Gasteiger partial charge in [0.25, 0.3) is 0 Å². The number of nitrogens with zero attached hydrogens (tertiary/aromatic N) is 24. The molecule has 4 N–H and O–H groups in total. The van der Waals surface area contributed by atoms with Crippen molar-refractivity contribution in [2.24, 2.45) is 5.92 Å². The van der Waals surface area contributed by atoms with Crippen molar-refractivity contribution >= 4 is 55.4 Å². The number of sulfone groups is 2. The molecule has 6 aliphatic rings. The smallest absolute Gasteiger partial charge is 0.396 e. The van der Waals surface area contributed by atoms with Crippen LogP contribution in [-0.2, 0) is 56.3 Å². The van der Waals surface area contributed by atoms with E-state index in [1.165, 1.54) is 58.2 Å².